The zero-order valence-corrected chi connectivity index (χ0v) is 19.8. The normalized spacial score (nSPS) is 11.3. The molecule has 0 saturated heterocycles. The van der Waals surface area contributed by atoms with Gasteiger partial charge in [-0.1, -0.05) is 6.07 Å². The van der Waals surface area contributed by atoms with Crippen LogP contribution in [0.3, 0.4) is 0 Å². The summed E-state index contributed by atoms with van der Waals surface area (Å²) in [6.45, 7) is 4.31. The van der Waals surface area contributed by atoms with Gasteiger partial charge in [-0.2, -0.15) is 5.10 Å². The summed E-state index contributed by atoms with van der Waals surface area (Å²) in [7, 11) is 0. The molecule has 1 amide bonds. The third kappa shape index (κ3) is 4.85. The van der Waals surface area contributed by atoms with Gasteiger partial charge < -0.3 is 15.2 Å². The van der Waals surface area contributed by atoms with Gasteiger partial charge in [0.05, 0.1) is 28.3 Å². The zero-order chi connectivity index (χ0) is 25.1. The molecule has 3 heterocycles. The second kappa shape index (κ2) is 9.83. The average Bonchev–Trinajstić information content (AvgIpc) is 3.48. The highest BCUT2D eigenvalue weighted by Crippen LogP contribution is 2.27. The van der Waals surface area contributed by atoms with Gasteiger partial charge in [0.2, 0.25) is 0 Å². The lowest BCUT2D eigenvalue weighted by Crippen LogP contribution is -2.18. The Morgan fingerprint density at radius 3 is 2.75 bits per heavy atom. The van der Waals surface area contributed by atoms with E-state index >= 15 is 0 Å². The van der Waals surface area contributed by atoms with Gasteiger partial charge in [0, 0.05) is 35.7 Å². The lowest BCUT2D eigenvalue weighted by atomic mass is 10.1. The number of aryl methyl sites for hydroxylation is 2. The van der Waals surface area contributed by atoms with Crippen molar-refractivity contribution in [2.24, 2.45) is 0 Å². The van der Waals surface area contributed by atoms with Crippen molar-refractivity contribution in [3.63, 3.8) is 0 Å². The molecule has 0 atom stereocenters. The summed E-state index contributed by atoms with van der Waals surface area (Å²) in [5, 5.41) is 14.3. The van der Waals surface area contributed by atoms with E-state index in [0.29, 0.717) is 12.2 Å². The van der Waals surface area contributed by atoms with Crippen molar-refractivity contribution in [1.82, 2.24) is 24.7 Å². The fourth-order valence-corrected chi connectivity index (χ4v) is 3.90. The Labute approximate surface area is 206 Å². The summed E-state index contributed by atoms with van der Waals surface area (Å²) >= 11 is 0. The van der Waals surface area contributed by atoms with Gasteiger partial charge in [-0.25, -0.2) is 9.37 Å². The van der Waals surface area contributed by atoms with Crippen molar-refractivity contribution >= 4 is 46.0 Å². The molecule has 0 bridgehead atoms. The van der Waals surface area contributed by atoms with Crippen molar-refractivity contribution in [2.75, 3.05) is 10.6 Å². The predicted octanol–water partition coefficient (Wildman–Crippen LogP) is 5.79. The number of hydrogen-bond acceptors (Lipinski definition) is 5. The number of rotatable bonds is 7. The van der Waals surface area contributed by atoms with Crippen LogP contribution in [0.5, 0.6) is 0 Å². The number of pyridine rings is 1. The van der Waals surface area contributed by atoms with E-state index in [1.54, 1.807) is 29.1 Å². The molecule has 0 aliphatic carbocycles. The number of anilines is 3. The molecule has 36 heavy (non-hydrogen) atoms. The molecule has 0 radical (unpaired) electrons. The number of fused-ring (bicyclic) bond motifs is 1. The maximum Gasteiger partial charge on any atom is 0.291 e. The van der Waals surface area contributed by atoms with Crippen molar-refractivity contribution in [3.05, 3.63) is 95.7 Å². The molecule has 0 fully saturated rings. The predicted molar refractivity (Wildman–Crippen MR) is 140 cm³/mol. The Balaban J connectivity index is 1.33. The molecule has 0 aliphatic heterocycles. The van der Waals surface area contributed by atoms with Gasteiger partial charge in [-0.15, -0.1) is 0 Å². The first-order chi connectivity index (χ1) is 17.5. The summed E-state index contributed by atoms with van der Waals surface area (Å²) in [5.74, 6) is -0.759. The zero-order valence-electron chi connectivity index (χ0n) is 19.8. The van der Waals surface area contributed by atoms with Gasteiger partial charge in [-0.3, -0.25) is 14.9 Å². The molecule has 8 nitrogen and oxygen atoms in total. The number of nitrogens with zero attached hydrogens (tertiary/aromatic N) is 4. The van der Waals surface area contributed by atoms with E-state index in [1.165, 1.54) is 6.07 Å². The number of aromatic amines is 1. The molecule has 0 unspecified atom stereocenters. The van der Waals surface area contributed by atoms with Crippen LogP contribution in [0, 0.1) is 12.7 Å². The largest absolute Gasteiger partial charge is 0.355 e. The molecular weight excluding hydrogens is 457 g/mol. The standard InChI is InChI=1S/C27H24FN7O/c1-3-35-16-17(2)30-26(35)27(36)32-25-15-20(8-11-22(25)28)31-19-7-10-21-23(33-34-24(21)14-19)12-9-18-6-4-5-13-29-18/h4-16,31H,3H2,1-2H3,(H,32,36)(H,33,34)/b12-9+. The van der Waals surface area contributed by atoms with Gasteiger partial charge in [0.15, 0.2) is 5.82 Å². The minimum Gasteiger partial charge on any atom is -0.355 e. The molecular formula is C27H24FN7O. The van der Waals surface area contributed by atoms with Crippen LogP contribution in [0.2, 0.25) is 0 Å². The average molecular weight is 482 g/mol. The minimum absolute atomic E-state index is 0.0675. The molecule has 3 N–H and O–H groups in total. The monoisotopic (exact) mass is 481 g/mol. The van der Waals surface area contributed by atoms with Crippen molar-refractivity contribution in [3.8, 4) is 0 Å². The number of carbonyl (C=O) groups excluding carboxylic acids is 1. The van der Waals surface area contributed by atoms with Crippen molar-refractivity contribution < 1.29 is 9.18 Å². The van der Waals surface area contributed by atoms with E-state index in [2.05, 4.69) is 30.8 Å². The van der Waals surface area contributed by atoms with Gasteiger partial charge in [0.25, 0.3) is 5.91 Å². The molecule has 9 heteroatoms. The smallest absolute Gasteiger partial charge is 0.291 e. The van der Waals surface area contributed by atoms with E-state index in [0.717, 1.165) is 33.7 Å². The Morgan fingerprint density at radius 1 is 1.11 bits per heavy atom. The molecule has 0 saturated carbocycles. The number of H-pyrrole nitrogens is 1. The first-order valence-corrected chi connectivity index (χ1v) is 11.5. The molecule has 2 aromatic carbocycles. The maximum absolute atomic E-state index is 14.5. The molecule has 0 aliphatic rings. The van der Waals surface area contributed by atoms with Crippen LogP contribution in [0.25, 0.3) is 23.1 Å². The fraction of sp³-hybridized carbons (Fsp3) is 0.111. The number of nitrogens with one attached hydrogen (secondary N) is 3. The summed E-state index contributed by atoms with van der Waals surface area (Å²) in [6, 6.07) is 16.0. The quantitative estimate of drug-likeness (QED) is 0.273. The lowest BCUT2D eigenvalue weighted by molar-refractivity contribution is 0.101. The summed E-state index contributed by atoms with van der Waals surface area (Å²) in [5.41, 5.74) is 4.69. The highest BCUT2D eigenvalue weighted by molar-refractivity contribution is 6.02. The second-order valence-electron chi connectivity index (χ2n) is 8.22. The molecule has 5 rings (SSSR count). The Hall–Kier alpha value is -4.79. The van der Waals surface area contributed by atoms with Crippen LogP contribution in [-0.4, -0.2) is 30.6 Å². The van der Waals surface area contributed by atoms with Crippen LogP contribution in [0.4, 0.5) is 21.5 Å². The summed E-state index contributed by atoms with van der Waals surface area (Å²) < 4.78 is 16.2. The maximum atomic E-state index is 14.5. The highest BCUT2D eigenvalue weighted by atomic mass is 19.1. The van der Waals surface area contributed by atoms with Crippen molar-refractivity contribution in [1.29, 1.82) is 0 Å². The van der Waals surface area contributed by atoms with Gasteiger partial charge in [0.1, 0.15) is 5.82 Å². The Bertz CT molecular complexity index is 1570. The highest BCUT2D eigenvalue weighted by Gasteiger charge is 2.16. The van der Waals surface area contributed by atoms with Crippen LogP contribution in [0.15, 0.2) is 67.0 Å². The van der Waals surface area contributed by atoms with Crippen LogP contribution in [-0.2, 0) is 6.54 Å². The number of benzene rings is 2. The lowest BCUT2D eigenvalue weighted by Gasteiger charge is -2.11. The SMILES string of the molecule is CCn1cc(C)nc1C(=O)Nc1cc(Nc2ccc3c(/C=C/c4ccccn4)n[nH]c3c2)ccc1F. The third-order valence-electron chi connectivity index (χ3n) is 5.64. The van der Waals surface area contributed by atoms with E-state index in [-0.39, 0.29) is 11.5 Å². The van der Waals surface area contributed by atoms with Crippen LogP contribution >= 0.6 is 0 Å². The van der Waals surface area contributed by atoms with Gasteiger partial charge >= 0.3 is 0 Å². The summed E-state index contributed by atoms with van der Waals surface area (Å²) in [6.07, 6.45) is 7.35. The minimum atomic E-state index is -0.534. The second-order valence-corrected chi connectivity index (χ2v) is 8.22. The van der Waals surface area contributed by atoms with E-state index in [4.69, 9.17) is 0 Å². The van der Waals surface area contributed by atoms with Crippen molar-refractivity contribution in [2.45, 2.75) is 20.4 Å². The third-order valence-corrected chi connectivity index (χ3v) is 5.64. The van der Waals surface area contributed by atoms with E-state index < -0.39 is 11.7 Å². The number of amides is 1. The molecule has 0 spiro atoms. The van der Waals surface area contributed by atoms with E-state index in [9.17, 15) is 9.18 Å². The topological polar surface area (TPSA) is 101 Å². The van der Waals surface area contributed by atoms with E-state index in [1.807, 2.05) is 62.4 Å². The number of hydrogen-bond donors (Lipinski definition) is 3. The summed E-state index contributed by atoms with van der Waals surface area (Å²) in [4.78, 5) is 21.3. The Morgan fingerprint density at radius 2 is 1.94 bits per heavy atom. The number of halogens is 1. The molecule has 5 aromatic rings. The number of imidazole rings is 1. The first-order valence-electron chi connectivity index (χ1n) is 11.5. The van der Waals surface area contributed by atoms with Gasteiger partial charge in [-0.05, 0) is 74.5 Å². The first kappa shape index (κ1) is 23.0. The fourth-order valence-electron chi connectivity index (χ4n) is 3.90. The Kier molecular flexibility index (Phi) is 6.27. The number of aromatic nitrogens is 5. The number of carbonyl (C=O) groups is 1. The van der Waals surface area contributed by atoms with Crippen LogP contribution < -0.4 is 10.6 Å². The molecule has 3 aromatic heterocycles. The molecule has 180 valence electrons. The van der Waals surface area contributed by atoms with Crippen LogP contribution in [0.1, 0.15) is 34.6 Å².